The van der Waals surface area contributed by atoms with Gasteiger partial charge in [-0.3, -0.25) is 0 Å². The third-order valence-corrected chi connectivity index (χ3v) is 5.89. The molecule has 3 rings (SSSR count). The fourth-order valence-electron chi connectivity index (χ4n) is 3.29. The monoisotopic (exact) mass is 297 g/mol. The summed E-state index contributed by atoms with van der Waals surface area (Å²) in [5.41, 5.74) is 0.870. The molecule has 1 aliphatic carbocycles. The molecular weight excluding hydrogens is 274 g/mol. The molecule has 1 aliphatic heterocycles. The third-order valence-electron chi connectivity index (χ3n) is 4.50. The maximum atomic E-state index is 10.4. The topological polar surface area (TPSA) is 51.6 Å². The molecule has 1 atom stereocenters. The summed E-state index contributed by atoms with van der Waals surface area (Å²) in [6.07, 6.45) is 3.05. The van der Waals surface area contributed by atoms with Crippen molar-refractivity contribution in [3.8, 4) is 0 Å². The summed E-state index contributed by atoms with van der Waals surface area (Å²) in [7, 11) is 1.76. The summed E-state index contributed by atoms with van der Waals surface area (Å²) in [4.78, 5) is 5.89. The van der Waals surface area contributed by atoms with Crippen molar-refractivity contribution in [2.75, 3.05) is 20.3 Å². The number of rotatable bonds is 2. The summed E-state index contributed by atoms with van der Waals surface area (Å²) >= 11 is 1.63. The Balaban J connectivity index is 1.96. The number of ether oxygens (including phenoxy) is 2. The summed E-state index contributed by atoms with van der Waals surface area (Å²) < 4.78 is 11.3. The molecule has 0 bridgehead atoms. The fraction of sp³-hybridized carbons (Fsp3) is 0.800. The van der Waals surface area contributed by atoms with Gasteiger partial charge in [-0.1, -0.05) is 13.8 Å². The Hall–Kier alpha value is -0.490. The van der Waals surface area contributed by atoms with Crippen molar-refractivity contribution in [1.82, 2.24) is 4.98 Å². The van der Waals surface area contributed by atoms with Crippen molar-refractivity contribution in [3.05, 3.63) is 15.6 Å². The minimum Gasteiger partial charge on any atom is -0.387 e. The first-order valence-electron chi connectivity index (χ1n) is 7.27. The van der Waals surface area contributed by atoms with Gasteiger partial charge in [-0.25, -0.2) is 4.98 Å². The highest BCUT2D eigenvalue weighted by Gasteiger charge is 2.41. The molecule has 0 spiro atoms. The van der Waals surface area contributed by atoms with Crippen LogP contribution in [0, 0.1) is 5.41 Å². The summed E-state index contributed by atoms with van der Waals surface area (Å²) in [5.74, 6) is 0. The van der Waals surface area contributed by atoms with E-state index in [9.17, 15) is 5.11 Å². The predicted molar refractivity (Wildman–Crippen MR) is 77.9 cm³/mol. The zero-order chi connectivity index (χ0) is 14.4. The molecule has 2 aliphatic rings. The quantitative estimate of drug-likeness (QED) is 0.912. The highest BCUT2D eigenvalue weighted by Crippen LogP contribution is 2.46. The van der Waals surface area contributed by atoms with Gasteiger partial charge in [0.2, 0.25) is 0 Å². The maximum Gasteiger partial charge on any atom is 0.125 e. The Bertz CT molecular complexity index is 491. The molecule has 0 aromatic carbocycles. The average Bonchev–Trinajstić information content (AvgIpc) is 2.82. The molecule has 20 heavy (non-hydrogen) atoms. The minimum absolute atomic E-state index is 0.119. The number of hydrogen-bond donors (Lipinski definition) is 1. The zero-order valence-electron chi connectivity index (χ0n) is 12.4. The van der Waals surface area contributed by atoms with Crippen LogP contribution < -0.4 is 0 Å². The van der Waals surface area contributed by atoms with Gasteiger partial charge in [0.05, 0.1) is 16.7 Å². The van der Waals surface area contributed by atoms with E-state index in [0.29, 0.717) is 13.2 Å². The van der Waals surface area contributed by atoms with Gasteiger partial charge in [0.15, 0.2) is 0 Å². The highest BCUT2D eigenvalue weighted by molar-refractivity contribution is 7.12. The SMILES string of the molecule is COC1(c2nc3c(s2)C(O)CC(C)(C)C3)CCOCC1. The Labute approximate surface area is 124 Å². The van der Waals surface area contributed by atoms with Gasteiger partial charge >= 0.3 is 0 Å². The van der Waals surface area contributed by atoms with Crippen molar-refractivity contribution < 1.29 is 14.6 Å². The number of aliphatic hydroxyl groups excluding tert-OH is 1. The smallest absolute Gasteiger partial charge is 0.125 e. The highest BCUT2D eigenvalue weighted by atomic mass is 32.1. The van der Waals surface area contributed by atoms with E-state index in [1.54, 1.807) is 18.4 Å². The second kappa shape index (κ2) is 5.05. The van der Waals surface area contributed by atoms with Gasteiger partial charge in [0.1, 0.15) is 10.6 Å². The van der Waals surface area contributed by atoms with E-state index in [1.165, 1.54) is 0 Å². The first-order valence-corrected chi connectivity index (χ1v) is 8.08. The van der Waals surface area contributed by atoms with E-state index >= 15 is 0 Å². The lowest BCUT2D eigenvalue weighted by molar-refractivity contribution is -0.0949. The summed E-state index contributed by atoms with van der Waals surface area (Å²) in [5, 5.41) is 11.4. The van der Waals surface area contributed by atoms with E-state index in [4.69, 9.17) is 14.5 Å². The average molecular weight is 297 g/mol. The van der Waals surface area contributed by atoms with Crippen molar-refractivity contribution >= 4 is 11.3 Å². The van der Waals surface area contributed by atoms with E-state index in [1.807, 2.05) is 0 Å². The van der Waals surface area contributed by atoms with Crippen LogP contribution in [0.4, 0.5) is 0 Å². The lowest BCUT2D eigenvalue weighted by Gasteiger charge is -2.33. The lowest BCUT2D eigenvalue weighted by atomic mass is 9.77. The van der Waals surface area contributed by atoms with Crippen molar-refractivity contribution in [3.63, 3.8) is 0 Å². The molecule has 112 valence electrons. The van der Waals surface area contributed by atoms with E-state index in [-0.39, 0.29) is 17.1 Å². The molecule has 0 saturated carbocycles. The molecule has 4 nitrogen and oxygen atoms in total. The van der Waals surface area contributed by atoms with Crippen molar-refractivity contribution in [2.45, 2.75) is 51.2 Å². The maximum absolute atomic E-state index is 10.4. The molecule has 1 saturated heterocycles. The zero-order valence-corrected chi connectivity index (χ0v) is 13.3. The molecule has 5 heteroatoms. The first-order chi connectivity index (χ1) is 9.46. The molecule has 1 aromatic heterocycles. The van der Waals surface area contributed by atoms with E-state index in [2.05, 4.69) is 13.8 Å². The Morgan fingerprint density at radius 1 is 1.35 bits per heavy atom. The Morgan fingerprint density at radius 3 is 2.70 bits per heavy atom. The molecule has 0 amide bonds. The van der Waals surface area contributed by atoms with Gasteiger partial charge in [0, 0.05) is 33.2 Å². The Kier molecular flexibility index (Phi) is 3.65. The normalized spacial score (nSPS) is 28.1. The molecular formula is C15H23NO3S. The number of nitrogens with zero attached hydrogens (tertiary/aromatic N) is 1. The third kappa shape index (κ3) is 2.41. The minimum atomic E-state index is -0.381. The van der Waals surface area contributed by atoms with Crippen LogP contribution in [0.5, 0.6) is 0 Å². The number of thiazole rings is 1. The van der Waals surface area contributed by atoms with Crippen LogP contribution in [0.15, 0.2) is 0 Å². The number of hydrogen-bond acceptors (Lipinski definition) is 5. The van der Waals surface area contributed by atoms with Crippen LogP contribution in [0.25, 0.3) is 0 Å². The largest absolute Gasteiger partial charge is 0.387 e. The number of aromatic nitrogens is 1. The van der Waals surface area contributed by atoms with Gasteiger partial charge in [0.25, 0.3) is 0 Å². The summed E-state index contributed by atoms with van der Waals surface area (Å²) in [6.45, 7) is 5.82. The second-order valence-electron chi connectivity index (χ2n) is 6.70. The molecule has 2 heterocycles. The molecule has 1 fully saturated rings. The van der Waals surface area contributed by atoms with Crippen LogP contribution in [0.3, 0.4) is 0 Å². The van der Waals surface area contributed by atoms with Crippen LogP contribution in [0.2, 0.25) is 0 Å². The van der Waals surface area contributed by atoms with Crippen LogP contribution in [-0.4, -0.2) is 30.4 Å². The van der Waals surface area contributed by atoms with E-state index in [0.717, 1.165) is 41.3 Å². The predicted octanol–water partition coefficient (Wildman–Crippen LogP) is 2.80. The van der Waals surface area contributed by atoms with Crippen LogP contribution in [-0.2, 0) is 21.5 Å². The molecule has 1 aromatic rings. The van der Waals surface area contributed by atoms with Crippen molar-refractivity contribution in [1.29, 1.82) is 0 Å². The Morgan fingerprint density at radius 2 is 2.05 bits per heavy atom. The fourth-order valence-corrected chi connectivity index (χ4v) is 4.59. The molecule has 1 unspecified atom stereocenters. The van der Waals surface area contributed by atoms with E-state index < -0.39 is 0 Å². The van der Waals surface area contributed by atoms with Crippen LogP contribution >= 0.6 is 11.3 Å². The number of methoxy groups -OCH3 is 1. The van der Waals surface area contributed by atoms with Crippen molar-refractivity contribution in [2.24, 2.45) is 5.41 Å². The first kappa shape index (κ1) is 14.4. The lowest BCUT2D eigenvalue weighted by Crippen LogP contribution is -2.35. The number of aliphatic hydroxyl groups is 1. The number of fused-ring (bicyclic) bond motifs is 1. The standard InChI is InChI=1S/C15H23NO3S/c1-14(2)8-10-12(11(17)9-14)20-13(16-10)15(18-3)4-6-19-7-5-15/h11,17H,4-9H2,1-3H3. The van der Waals surface area contributed by atoms with Gasteiger partial charge in [-0.2, -0.15) is 0 Å². The summed E-state index contributed by atoms with van der Waals surface area (Å²) in [6, 6.07) is 0. The van der Waals surface area contributed by atoms with Gasteiger partial charge in [-0.05, 0) is 18.3 Å². The second-order valence-corrected chi connectivity index (χ2v) is 7.73. The van der Waals surface area contributed by atoms with Gasteiger partial charge < -0.3 is 14.6 Å². The van der Waals surface area contributed by atoms with Crippen LogP contribution in [0.1, 0.15) is 54.8 Å². The van der Waals surface area contributed by atoms with Gasteiger partial charge in [-0.15, -0.1) is 11.3 Å². The molecule has 1 N–H and O–H groups in total. The molecule has 0 radical (unpaired) electrons.